The van der Waals surface area contributed by atoms with Crippen LogP contribution in [0.3, 0.4) is 0 Å². The smallest absolute Gasteiger partial charge is 0.332 e. The molecule has 0 radical (unpaired) electrons. The lowest BCUT2D eigenvalue weighted by Crippen LogP contribution is -2.37. The first-order valence-corrected chi connectivity index (χ1v) is 10.8. The molecule has 1 aliphatic heterocycles. The zero-order valence-corrected chi connectivity index (χ0v) is 18.8. The number of nitrogens with zero attached hydrogens (tertiary/aromatic N) is 2. The van der Waals surface area contributed by atoms with Crippen LogP contribution in [-0.4, -0.2) is 35.9 Å². The predicted octanol–water partition coefficient (Wildman–Crippen LogP) is 4.51. The highest BCUT2D eigenvalue weighted by Gasteiger charge is 2.46. The largest absolute Gasteiger partial charge is 0.497 e. The summed E-state index contributed by atoms with van der Waals surface area (Å²) in [7, 11) is 1.54. The number of imide groups is 1. The number of anilines is 2. The Bertz CT molecular complexity index is 1250. The number of nitrogens with one attached hydrogen (secondary N) is 1. The molecule has 1 aliphatic rings. The van der Waals surface area contributed by atoms with Crippen molar-refractivity contribution in [3.8, 4) is 5.75 Å². The van der Waals surface area contributed by atoms with E-state index in [0.29, 0.717) is 11.4 Å². The molecule has 4 amide bonds. The molecule has 0 saturated carbocycles. The van der Waals surface area contributed by atoms with Gasteiger partial charge in [0.1, 0.15) is 17.6 Å². The number of carbonyl (C=O) groups excluding carboxylic acids is 3. The molecule has 4 rings (SSSR count). The Kier molecular flexibility index (Phi) is 6.58. The van der Waals surface area contributed by atoms with Crippen molar-refractivity contribution in [1.29, 1.82) is 0 Å². The Balaban J connectivity index is 1.62. The minimum atomic E-state index is -1.02. The van der Waals surface area contributed by atoms with Gasteiger partial charge in [-0.3, -0.25) is 9.59 Å². The number of carbonyl (C=O) groups is 3. The van der Waals surface area contributed by atoms with E-state index in [1.54, 1.807) is 49.6 Å². The molecule has 0 unspecified atom stereocenters. The zero-order chi connectivity index (χ0) is 24.2. The van der Waals surface area contributed by atoms with Crippen molar-refractivity contribution in [2.45, 2.75) is 25.9 Å². The first-order valence-electron chi connectivity index (χ1n) is 10.8. The highest BCUT2D eigenvalue weighted by Crippen LogP contribution is 2.29. The van der Waals surface area contributed by atoms with Gasteiger partial charge in [-0.1, -0.05) is 30.3 Å². The van der Waals surface area contributed by atoms with Gasteiger partial charge in [-0.15, -0.1) is 0 Å². The van der Waals surface area contributed by atoms with E-state index in [9.17, 15) is 18.8 Å². The molecule has 0 bridgehead atoms. The van der Waals surface area contributed by atoms with Crippen molar-refractivity contribution in [2.75, 3.05) is 17.3 Å². The van der Waals surface area contributed by atoms with Gasteiger partial charge in [0, 0.05) is 12.2 Å². The topological polar surface area (TPSA) is 79.0 Å². The average Bonchev–Trinajstić information content (AvgIpc) is 3.03. The van der Waals surface area contributed by atoms with E-state index in [2.05, 4.69) is 5.32 Å². The van der Waals surface area contributed by atoms with E-state index in [1.165, 1.54) is 23.1 Å². The molecule has 8 heteroatoms. The molecular weight excluding hydrogens is 437 g/mol. The number of hydrogen-bond donors (Lipinski definition) is 1. The van der Waals surface area contributed by atoms with Crippen molar-refractivity contribution in [1.82, 2.24) is 4.90 Å². The van der Waals surface area contributed by atoms with Crippen LogP contribution in [0.15, 0.2) is 72.8 Å². The van der Waals surface area contributed by atoms with E-state index in [4.69, 9.17) is 4.74 Å². The van der Waals surface area contributed by atoms with Gasteiger partial charge in [0.05, 0.1) is 19.2 Å². The molecule has 0 aromatic heterocycles. The first-order chi connectivity index (χ1) is 16.4. The Hall–Kier alpha value is -4.20. The van der Waals surface area contributed by atoms with Crippen LogP contribution in [0.2, 0.25) is 0 Å². The maximum Gasteiger partial charge on any atom is 0.332 e. The number of ether oxygens (including phenoxy) is 1. The van der Waals surface area contributed by atoms with Crippen LogP contribution in [0.25, 0.3) is 0 Å². The maximum absolute atomic E-state index is 13.5. The molecule has 7 nitrogen and oxygen atoms in total. The SMILES string of the molecule is COc1cccc(CN2C(=O)N(c3cccc(C)c3)C(=O)[C@@H]2CC(=O)Nc2cccc(F)c2)c1. The van der Waals surface area contributed by atoms with Crippen LogP contribution in [0.5, 0.6) is 5.75 Å². The minimum absolute atomic E-state index is 0.113. The molecule has 0 aliphatic carbocycles. The average molecular weight is 461 g/mol. The van der Waals surface area contributed by atoms with E-state index < -0.39 is 29.7 Å². The van der Waals surface area contributed by atoms with Crippen LogP contribution >= 0.6 is 0 Å². The Morgan fingerprint density at radius 3 is 2.53 bits per heavy atom. The monoisotopic (exact) mass is 461 g/mol. The second kappa shape index (κ2) is 9.74. The number of amides is 4. The Morgan fingerprint density at radius 2 is 1.79 bits per heavy atom. The molecule has 174 valence electrons. The van der Waals surface area contributed by atoms with Crippen molar-refractivity contribution in [3.05, 3.63) is 89.7 Å². The highest BCUT2D eigenvalue weighted by atomic mass is 19.1. The summed E-state index contributed by atoms with van der Waals surface area (Å²) in [5.41, 5.74) is 2.36. The summed E-state index contributed by atoms with van der Waals surface area (Å²) in [4.78, 5) is 42.0. The summed E-state index contributed by atoms with van der Waals surface area (Å²) >= 11 is 0. The number of halogens is 1. The van der Waals surface area contributed by atoms with Crippen LogP contribution in [0.1, 0.15) is 17.5 Å². The normalized spacial score (nSPS) is 15.6. The summed E-state index contributed by atoms with van der Waals surface area (Å²) in [5, 5.41) is 2.60. The number of methoxy groups -OCH3 is 1. The lowest BCUT2D eigenvalue weighted by molar-refractivity contribution is -0.124. The van der Waals surface area contributed by atoms with Crippen LogP contribution in [0, 0.1) is 12.7 Å². The third-order valence-corrected chi connectivity index (χ3v) is 5.55. The molecule has 1 heterocycles. The van der Waals surface area contributed by atoms with Crippen LogP contribution in [-0.2, 0) is 16.1 Å². The van der Waals surface area contributed by atoms with Crippen LogP contribution < -0.4 is 15.0 Å². The summed E-state index contributed by atoms with van der Waals surface area (Å²) in [6.45, 7) is 1.98. The first kappa shape index (κ1) is 23.0. The van der Waals surface area contributed by atoms with Crippen molar-refractivity contribution >= 4 is 29.2 Å². The molecule has 3 aromatic rings. The third kappa shape index (κ3) is 4.91. The quantitative estimate of drug-likeness (QED) is 0.525. The molecular formula is C26H24FN3O4. The number of rotatable bonds is 7. The number of aryl methyl sites for hydroxylation is 1. The van der Waals surface area contributed by atoms with Gasteiger partial charge in [-0.05, 0) is 60.5 Å². The Morgan fingerprint density at radius 1 is 1.03 bits per heavy atom. The van der Waals surface area contributed by atoms with Gasteiger partial charge >= 0.3 is 6.03 Å². The second-order valence-electron chi connectivity index (χ2n) is 8.05. The van der Waals surface area contributed by atoms with E-state index in [-0.39, 0.29) is 18.7 Å². The predicted molar refractivity (Wildman–Crippen MR) is 126 cm³/mol. The fourth-order valence-corrected chi connectivity index (χ4v) is 3.94. The van der Waals surface area contributed by atoms with E-state index in [1.807, 2.05) is 19.1 Å². The summed E-state index contributed by atoms with van der Waals surface area (Å²) in [6, 6.07) is 18.2. The van der Waals surface area contributed by atoms with Gasteiger partial charge in [0.2, 0.25) is 5.91 Å². The number of benzene rings is 3. The van der Waals surface area contributed by atoms with Gasteiger partial charge in [0.25, 0.3) is 5.91 Å². The van der Waals surface area contributed by atoms with E-state index >= 15 is 0 Å². The second-order valence-corrected chi connectivity index (χ2v) is 8.05. The number of urea groups is 1. The molecule has 3 aromatic carbocycles. The van der Waals surface area contributed by atoms with Crippen molar-refractivity contribution in [2.24, 2.45) is 0 Å². The van der Waals surface area contributed by atoms with E-state index in [0.717, 1.165) is 16.0 Å². The van der Waals surface area contributed by atoms with Gasteiger partial charge in [-0.2, -0.15) is 0 Å². The lowest BCUT2D eigenvalue weighted by Gasteiger charge is -2.22. The highest BCUT2D eigenvalue weighted by molar-refractivity contribution is 6.22. The molecule has 0 spiro atoms. The molecule has 1 atom stereocenters. The molecule has 34 heavy (non-hydrogen) atoms. The zero-order valence-electron chi connectivity index (χ0n) is 18.8. The summed E-state index contributed by atoms with van der Waals surface area (Å²) < 4.78 is 18.8. The standard InChI is InChI=1S/C26H24FN3O4/c1-17-6-3-10-21(12-17)30-25(32)23(15-24(31)28-20-9-5-8-19(27)14-20)29(26(30)33)16-18-7-4-11-22(13-18)34-2/h3-14,23H,15-16H2,1-2H3,(H,28,31)/t23-/m0/s1. The third-order valence-electron chi connectivity index (χ3n) is 5.55. The van der Waals surface area contributed by atoms with Crippen LogP contribution in [0.4, 0.5) is 20.6 Å². The van der Waals surface area contributed by atoms with Crippen molar-refractivity contribution in [3.63, 3.8) is 0 Å². The Labute approximate surface area is 196 Å². The molecule has 1 saturated heterocycles. The summed E-state index contributed by atoms with van der Waals surface area (Å²) in [6.07, 6.45) is -0.270. The molecule has 1 fully saturated rings. The maximum atomic E-state index is 13.5. The molecule has 1 N–H and O–H groups in total. The van der Waals surface area contributed by atoms with Crippen molar-refractivity contribution < 1.29 is 23.5 Å². The van der Waals surface area contributed by atoms with Gasteiger partial charge < -0.3 is 15.0 Å². The minimum Gasteiger partial charge on any atom is -0.497 e. The van der Waals surface area contributed by atoms with Gasteiger partial charge in [-0.25, -0.2) is 14.1 Å². The number of hydrogen-bond acceptors (Lipinski definition) is 4. The lowest BCUT2D eigenvalue weighted by atomic mass is 10.1. The van der Waals surface area contributed by atoms with Gasteiger partial charge in [0.15, 0.2) is 0 Å². The summed E-state index contributed by atoms with van der Waals surface area (Å²) in [5.74, 6) is -0.868. The fraction of sp³-hybridized carbons (Fsp3) is 0.192. The fourth-order valence-electron chi connectivity index (χ4n) is 3.94.